The molecule has 1 aromatic carbocycles. The summed E-state index contributed by atoms with van der Waals surface area (Å²) in [5.74, 6) is 0.0291. The van der Waals surface area contributed by atoms with Crippen LogP contribution in [0.15, 0.2) is 24.3 Å². The zero-order valence-corrected chi connectivity index (χ0v) is 15.6. The highest BCUT2D eigenvalue weighted by Gasteiger charge is 2.13. The standard InChI is InChI=1S/C17H23N3O2S2/c1-11(21)7-16(23)19-10-15(20-17(24)8-12(2)22)9-13-3-5-14(18)6-4-13/h3-6,15H,7-10,18H2,1-2H3,(H,19,23)(H,20,24). The van der Waals surface area contributed by atoms with E-state index in [4.69, 9.17) is 30.2 Å². The molecule has 7 heteroatoms. The summed E-state index contributed by atoms with van der Waals surface area (Å²) in [7, 11) is 0. The van der Waals surface area contributed by atoms with Crippen LogP contribution >= 0.6 is 24.4 Å². The lowest BCUT2D eigenvalue weighted by atomic mass is 10.0. The molecule has 0 bridgehead atoms. The predicted molar refractivity (Wildman–Crippen MR) is 105 cm³/mol. The second kappa shape index (κ2) is 10.1. The number of nitrogen functional groups attached to an aromatic ring is 1. The van der Waals surface area contributed by atoms with Gasteiger partial charge < -0.3 is 16.4 Å². The first-order chi connectivity index (χ1) is 11.3. The summed E-state index contributed by atoms with van der Waals surface area (Å²) in [6.45, 7) is 3.51. The molecule has 0 spiro atoms. The van der Waals surface area contributed by atoms with E-state index in [1.54, 1.807) is 0 Å². The molecular formula is C17H23N3O2S2. The van der Waals surface area contributed by atoms with Crippen molar-refractivity contribution in [3.8, 4) is 0 Å². The first-order valence-corrected chi connectivity index (χ1v) is 8.47. The summed E-state index contributed by atoms with van der Waals surface area (Å²) >= 11 is 10.4. The average molecular weight is 366 g/mol. The number of rotatable bonds is 9. The van der Waals surface area contributed by atoms with Crippen molar-refractivity contribution in [2.45, 2.75) is 39.2 Å². The molecule has 0 saturated heterocycles. The minimum Gasteiger partial charge on any atom is -0.399 e. The van der Waals surface area contributed by atoms with E-state index in [-0.39, 0.29) is 30.4 Å². The number of nitrogens with two attached hydrogens (primary N) is 1. The van der Waals surface area contributed by atoms with E-state index in [1.165, 1.54) is 13.8 Å². The third kappa shape index (κ3) is 8.69. The highest BCUT2D eigenvalue weighted by atomic mass is 32.1. The van der Waals surface area contributed by atoms with Crippen LogP contribution in [0, 0.1) is 0 Å². The zero-order valence-electron chi connectivity index (χ0n) is 13.9. The third-order valence-electron chi connectivity index (χ3n) is 3.19. The van der Waals surface area contributed by atoms with E-state index in [0.717, 1.165) is 5.56 Å². The van der Waals surface area contributed by atoms with E-state index in [0.29, 0.717) is 28.6 Å². The van der Waals surface area contributed by atoms with Gasteiger partial charge in [0.15, 0.2) is 0 Å². The van der Waals surface area contributed by atoms with Gasteiger partial charge in [0.2, 0.25) is 0 Å². The van der Waals surface area contributed by atoms with Crippen LogP contribution in [0.2, 0.25) is 0 Å². The van der Waals surface area contributed by atoms with Gasteiger partial charge in [-0.1, -0.05) is 36.6 Å². The summed E-state index contributed by atoms with van der Waals surface area (Å²) in [6.07, 6.45) is 1.13. The molecule has 0 aliphatic carbocycles. The van der Waals surface area contributed by atoms with Crippen molar-refractivity contribution in [2.75, 3.05) is 12.3 Å². The molecule has 1 unspecified atom stereocenters. The second-order valence-corrected chi connectivity index (χ2v) is 6.76. The molecule has 0 aromatic heterocycles. The zero-order chi connectivity index (χ0) is 18.1. The smallest absolute Gasteiger partial charge is 0.136 e. The summed E-state index contributed by atoms with van der Waals surface area (Å²) in [6, 6.07) is 7.53. The molecule has 24 heavy (non-hydrogen) atoms. The molecular weight excluding hydrogens is 342 g/mol. The van der Waals surface area contributed by atoms with E-state index in [9.17, 15) is 9.59 Å². The lowest BCUT2D eigenvalue weighted by Crippen LogP contribution is -2.44. The van der Waals surface area contributed by atoms with Gasteiger partial charge in [-0.05, 0) is 38.0 Å². The fourth-order valence-corrected chi connectivity index (χ4v) is 2.80. The van der Waals surface area contributed by atoms with Gasteiger partial charge in [-0.15, -0.1) is 0 Å². The maximum Gasteiger partial charge on any atom is 0.136 e. The molecule has 0 aliphatic rings. The maximum atomic E-state index is 11.2. The fraction of sp³-hybridized carbons (Fsp3) is 0.412. The van der Waals surface area contributed by atoms with E-state index in [2.05, 4.69) is 10.6 Å². The normalized spacial score (nSPS) is 11.4. The number of Topliss-reactive ketones (excluding diaryl/α,β-unsaturated/α-hetero) is 2. The first-order valence-electron chi connectivity index (χ1n) is 7.65. The summed E-state index contributed by atoms with van der Waals surface area (Å²) in [5.41, 5.74) is 7.50. The number of hydrogen-bond donors (Lipinski definition) is 3. The minimum absolute atomic E-state index is 0.0128. The Morgan fingerprint density at radius 2 is 1.58 bits per heavy atom. The Bertz CT molecular complexity index is 615. The van der Waals surface area contributed by atoms with Crippen molar-refractivity contribution in [3.63, 3.8) is 0 Å². The van der Waals surface area contributed by atoms with Crippen molar-refractivity contribution in [1.29, 1.82) is 0 Å². The lowest BCUT2D eigenvalue weighted by Gasteiger charge is -2.21. The molecule has 0 aliphatic heterocycles. The number of hydrogen-bond acceptors (Lipinski definition) is 5. The molecule has 0 fully saturated rings. The number of carbonyl (C=O) groups excluding carboxylic acids is 2. The topological polar surface area (TPSA) is 84.2 Å². The first kappa shape index (κ1) is 20.2. The Labute approximate surface area is 153 Å². The van der Waals surface area contributed by atoms with Crippen LogP contribution in [0.25, 0.3) is 0 Å². The number of anilines is 1. The number of carbonyl (C=O) groups is 2. The molecule has 5 nitrogen and oxygen atoms in total. The maximum absolute atomic E-state index is 11.2. The minimum atomic E-state index is -0.0506. The van der Waals surface area contributed by atoms with Crippen LogP contribution in [0.3, 0.4) is 0 Å². The molecule has 1 rings (SSSR count). The Morgan fingerprint density at radius 3 is 2.12 bits per heavy atom. The van der Waals surface area contributed by atoms with Gasteiger partial charge in [-0.25, -0.2) is 0 Å². The van der Waals surface area contributed by atoms with Crippen molar-refractivity contribution in [2.24, 2.45) is 0 Å². The number of ketones is 2. The predicted octanol–water partition coefficient (Wildman–Crippen LogP) is 1.97. The lowest BCUT2D eigenvalue weighted by molar-refractivity contribution is -0.116. The second-order valence-electron chi connectivity index (χ2n) is 5.77. The number of benzene rings is 1. The van der Waals surface area contributed by atoms with Crippen LogP contribution < -0.4 is 16.4 Å². The average Bonchev–Trinajstić information content (AvgIpc) is 2.45. The Kier molecular flexibility index (Phi) is 8.49. The molecule has 130 valence electrons. The highest BCUT2D eigenvalue weighted by Crippen LogP contribution is 2.08. The largest absolute Gasteiger partial charge is 0.399 e. The van der Waals surface area contributed by atoms with E-state index in [1.807, 2.05) is 24.3 Å². The van der Waals surface area contributed by atoms with Gasteiger partial charge in [-0.3, -0.25) is 9.59 Å². The Balaban J connectivity index is 2.68. The van der Waals surface area contributed by atoms with Gasteiger partial charge >= 0.3 is 0 Å². The number of nitrogens with one attached hydrogen (secondary N) is 2. The van der Waals surface area contributed by atoms with Crippen LogP contribution in [-0.4, -0.2) is 34.1 Å². The fourth-order valence-electron chi connectivity index (χ4n) is 2.14. The highest BCUT2D eigenvalue weighted by molar-refractivity contribution is 7.80. The van der Waals surface area contributed by atoms with Gasteiger partial charge in [0.05, 0.1) is 22.8 Å². The molecule has 0 amide bonds. The van der Waals surface area contributed by atoms with Crippen LogP contribution in [0.4, 0.5) is 5.69 Å². The van der Waals surface area contributed by atoms with Crippen molar-refractivity contribution in [1.82, 2.24) is 10.6 Å². The molecule has 0 heterocycles. The van der Waals surface area contributed by atoms with Crippen molar-refractivity contribution < 1.29 is 9.59 Å². The van der Waals surface area contributed by atoms with E-state index < -0.39 is 0 Å². The molecule has 0 radical (unpaired) electrons. The van der Waals surface area contributed by atoms with E-state index >= 15 is 0 Å². The summed E-state index contributed by atoms with van der Waals surface area (Å²) < 4.78 is 0. The van der Waals surface area contributed by atoms with Gasteiger partial charge in [-0.2, -0.15) is 0 Å². The van der Waals surface area contributed by atoms with Crippen LogP contribution in [0.5, 0.6) is 0 Å². The molecule has 1 atom stereocenters. The number of thiocarbonyl (C=S) groups is 2. The summed E-state index contributed by atoms with van der Waals surface area (Å²) in [5, 5.41) is 6.28. The van der Waals surface area contributed by atoms with Crippen LogP contribution in [0.1, 0.15) is 32.3 Å². The molecule has 1 aromatic rings. The van der Waals surface area contributed by atoms with Crippen LogP contribution in [-0.2, 0) is 16.0 Å². The van der Waals surface area contributed by atoms with Gasteiger partial charge in [0, 0.05) is 18.3 Å². The van der Waals surface area contributed by atoms with Gasteiger partial charge in [0.25, 0.3) is 0 Å². The monoisotopic (exact) mass is 365 g/mol. The Morgan fingerprint density at radius 1 is 1.04 bits per heavy atom. The molecule has 4 N–H and O–H groups in total. The summed E-state index contributed by atoms with van der Waals surface area (Å²) in [4.78, 5) is 23.3. The van der Waals surface area contributed by atoms with Gasteiger partial charge in [0.1, 0.15) is 11.6 Å². The molecule has 0 saturated carbocycles. The Hall–Kier alpha value is -1.86. The quantitative estimate of drug-likeness (QED) is 0.456. The van der Waals surface area contributed by atoms with Crippen molar-refractivity contribution in [3.05, 3.63) is 29.8 Å². The van der Waals surface area contributed by atoms with Crippen molar-refractivity contribution >= 4 is 51.7 Å². The SMILES string of the molecule is CC(=O)CC(=S)NCC(Cc1ccc(N)cc1)NC(=S)CC(C)=O. The third-order valence-corrected chi connectivity index (χ3v) is 3.74.